The van der Waals surface area contributed by atoms with Crippen LogP contribution in [-0.2, 0) is 10.5 Å². The first-order valence-electron chi connectivity index (χ1n) is 8.32. The van der Waals surface area contributed by atoms with Crippen LogP contribution >= 0.6 is 24.0 Å². The molecule has 1 aromatic heterocycles. The van der Waals surface area contributed by atoms with Gasteiger partial charge in [-0.3, -0.25) is 4.79 Å². The lowest BCUT2D eigenvalue weighted by atomic mass is 10.2. The Balaban J connectivity index is 1.78. The highest BCUT2D eigenvalue weighted by molar-refractivity contribution is 7.98. The van der Waals surface area contributed by atoms with Crippen LogP contribution in [0.3, 0.4) is 0 Å². The van der Waals surface area contributed by atoms with E-state index in [1.165, 1.54) is 31.4 Å². The minimum Gasteiger partial charge on any atom is -0.493 e. The first-order valence-corrected chi connectivity index (χ1v) is 9.71. The van der Waals surface area contributed by atoms with E-state index in [4.69, 9.17) is 21.7 Å². The number of nitrogens with one attached hydrogen (secondary N) is 1. The third-order valence-electron chi connectivity index (χ3n) is 3.60. The van der Waals surface area contributed by atoms with Gasteiger partial charge in [-0.1, -0.05) is 42.1 Å². The third-order valence-corrected chi connectivity index (χ3v) is 4.86. The van der Waals surface area contributed by atoms with Crippen LogP contribution in [0.15, 0.2) is 58.8 Å². The number of aromatic nitrogens is 3. The number of H-pyrrole nitrogens is 1. The van der Waals surface area contributed by atoms with Crippen LogP contribution in [0.1, 0.15) is 18.1 Å². The van der Waals surface area contributed by atoms with Crippen LogP contribution in [0.4, 0.5) is 0 Å². The highest BCUT2D eigenvalue weighted by atomic mass is 32.2. The van der Waals surface area contributed by atoms with Crippen molar-refractivity contribution in [1.29, 1.82) is 0 Å². The average molecular weight is 415 g/mol. The van der Waals surface area contributed by atoms with Gasteiger partial charge in [-0.25, -0.2) is 5.10 Å². The van der Waals surface area contributed by atoms with E-state index in [2.05, 4.69) is 27.4 Å². The van der Waals surface area contributed by atoms with E-state index in [0.29, 0.717) is 21.4 Å². The van der Waals surface area contributed by atoms with E-state index in [1.54, 1.807) is 29.1 Å². The molecule has 0 saturated carbocycles. The molecule has 0 aliphatic heterocycles. The maximum absolute atomic E-state index is 11.2. The highest BCUT2D eigenvalue weighted by Crippen LogP contribution is 2.28. The van der Waals surface area contributed by atoms with Gasteiger partial charge in [0.2, 0.25) is 9.93 Å². The fraction of sp³-hybridized carbons (Fsp3) is 0.158. The van der Waals surface area contributed by atoms with Gasteiger partial charge < -0.3 is 9.47 Å². The fourth-order valence-corrected chi connectivity index (χ4v) is 3.42. The van der Waals surface area contributed by atoms with Gasteiger partial charge in [-0.2, -0.15) is 9.78 Å². The van der Waals surface area contributed by atoms with E-state index >= 15 is 0 Å². The fourth-order valence-electron chi connectivity index (χ4n) is 2.32. The number of rotatable bonds is 7. The predicted octanol–water partition coefficient (Wildman–Crippen LogP) is 4.05. The molecule has 0 atom stereocenters. The van der Waals surface area contributed by atoms with Gasteiger partial charge in [-0.15, -0.1) is 5.10 Å². The topological polar surface area (TPSA) is 81.5 Å². The second-order valence-corrected chi connectivity index (χ2v) is 6.98. The highest BCUT2D eigenvalue weighted by Gasteiger charge is 2.09. The van der Waals surface area contributed by atoms with Gasteiger partial charge in [-0.05, 0) is 41.5 Å². The lowest BCUT2D eigenvalue weighted by molar-refractivity contribution is -0.132. The number of hydrogen-bond donors (Lipinski definition) is 1. The first kappa shape index (κ1) is 19.8. The number of esters is 1. The Kier molecular flexibility index (Phi) is 6.62. The molecular formula is C19H18N4O3S2. The van der Waals surface area contributed by atoms with E-state index in [0.717, 1.165) is 11.3 Å². The predicted molar refractivity (Wildman–Crippen MR) is 111 cm³/mol. The third kappa shape index (κ3) is 5.08. The number of nitrogens with zero attached hydrogens (tertiary/aromatic N) is 3. The molecule has 3 aromatic rings. The zero-order valence-electron chi connectivity index (χ0n) is 15.3. The number of carbonyl (C=O) groups is 1. The number of methoxy groups -OCH3 is 1. The Hall–Kier alpha value is -2.91. The molecule has 0 radical (unpaired) electrons. The lowest BCUT2D eigenvalue weighted by Crippen LogP contribution is -2.03. The summed E-state index contributed by atoms with van der Waals surface area (Å²) in [7, 11) is 1.51. The number of benzene rings is 2. The van der Waals surface area contributed by atoms with Crippen LogP contribution in [0.5, 0.6) is 11.5 Å². The maximum atomic E-state index is 11.2. The van der Waals surface area contributed by atoms with Gasteiger partial charge in [0.1, 0.15) is 0 Å². The molecule has 0 amide bonds. The van der Waals surface area contributed by atoms with Crippen LogP contribution in [-0.4, -0.2) is 34.2 Å². The Morgan fingerprint density at radius 2 is 2.07 bits per heavy atom. The van der Waals surface area contributed by atoms with Crippen molar-refractivity contribution in [3.05, 3.63) is 64.4 Å². The number of hydrogen-bond acceptors (Lipinski definition) is 7. The van der Waals surface area contributed by atoms with Crippen molar-refractivity contribution in [3.8, 4) is 11.5 Å². The zero-order valence-corrected chi connectivity index (χ0v) is 16.9. The zero-order chi connectivity index (χ0) is 19.9. The molecule has 1 N–H and O–H groups in total. The molecule has 28 heavy (non-hydrogen) atoms. The lowest BCUT2D eigenvalue weighted by Gasteiger charge is -2.08. The Morgan fingerprint density at radius 1 is 1.29 bits per heavy atom. The average Bonchev–Trinajstić information content (AvgIpc) is 3.05. The SMILES string of the molecule is COc1cc(/C=N\n2c(SCc3ccccc3)n[nH]c2=S)ccc1OC(C)=O. The van der Waals surface area contributed by atoms with Crippen molar-refractivity contribution in [2.75, 3.05) is 7.11 Å². The van der Waals surface area contributed by atoms with Gasteiger partial charge in [0.05, 0.1) is 13.3 Å². The maximum Gasteiger partial charge on any atom is 0.308 e. The summed E-state index contributed by atoms with van der Waals surface area (Å²) in [4.78, 5) is 11.2. The van der Waals surface area contributed by atoms with Crippen LogP contribution in [0, 0.1) is 4.77 Å². The standard InChI is InChI=1S/C19H18N4O3S2/c1-13(24)26-16-9-8-15(10-17(16)25-2)11-20-23-18(27)21-22-19(23)28-12-14-6-4-3-5-7-14/h3-11H,12H2,1-2H3,(H,21,27)/b20-11-. The van der Waals surface area contributed by atoms with Gasteiger partial charge >= 0.3 is 5.97 Å². The number of thioether (sulfide) groups is 1. The molecule has 7 nitrogen and oxygen atoms in total. The largest absolute Gasteiger partial charge is 0.493 e. The first-order chi connectivity index (χ1) is 13.6. The van der Waals surface area contributed by atoms with E-state index in [-0.39, 0.29) is 0 Å². The second kappa shape index (κ2) is 9.34. The molecule has 2 aromatic carbocycles. The van der Waals surface area contributed by atoms with Crippen LogP contribution in [0.25, 0.3) is 0 Å². The minimum absolute atomic E-state index is 0.353. The molecule has 0 aliphatic carbocycles. The van der Waals surface area contributed by atoms with Crippen molar-refractivity contribution in [1.82, 2.24) is 14.9 Å². The Labute approximate surface area is 171 Å². The van der Waals surface area contributed by atoms with Crippen molar-refractivity contribution >= 4 is 36.2 Å². The monoisotopic (exact) mass is 414 g/mol. The van der Waals surface area contributed by atoms with Gasteiger partial charge in [0.25, 0.3) is 0 Å². The van der Waals surface area contributed by atoms with E-state index in [1.807, 2.05) is 18.2 Å². The summed E-state index contributed by atoms with van der Waals surface area (Å²) in [6.07, 6.45) is 1.64. The van der Waals surface area contributed by atoms with Crippen molar-refractivity contribution in [3.63, 3.8) is 0 Å². The summed E-state index contributed by atoms with van der Waals surface area (Å²) in [5.41, 5.74) is 1.94. The van der Waals surface area contributed by atoms with Crippen molar-refractivity contribution in [2.24, 2.45) is 5.10 Å². The van der Waals surface area contributed by atoms with Crippen LogP contribution < -0.4 is 9.47 Å². The number of carbonyl (C=O) groups excluding carboxylic acids is 1. The van der Waals surface area contributed by atoms with Gasteiger partial charge in [0.15, 0.2) is 11.5 Å². The molecule has 3 rings (SSSR count). The number of aromatic amines is 1. The summed E-state index contributed by atoms with van der Waals surface area (Å²) in [6, 6.07) is 15.2. The summed E-state index contributed by atoms with van der Waals surface area (Å²) in [5.74, 6) is 1.13. The Morgan fingerprint density at radius 3 is 2.79 bits per heavy atom. The number of ether oxygens (including phenoxy) is 2. The molecule has 0 spiro atoms. The smallest absolute Gasteiger partial charge is 0.308 e. The molecular weight excluding hydrogens is 396 g/mol. The van der Waals surface area contributed by atoms with Crippen molar-refractivity contribution in [2.45, 2.75) is 17.8 Å². The molecule has 0 bridgehead atoms. The minimum atomic E-state index is -0.412. The molecule has 0 fully saturated rings. The molecule has 0 saturated heterocycles. The summed E-state index contributed by atoms with van der Waals surface area (Å²) >= 11 is 6.80. The van der Waals surface area contributed by atoms with E-state index < -0.39 is 5.97 Å². The van der Waals surface area contributed by atoms with Crippen molar-refractivity contribution < 1.29 is 14.3 Å². The summed E-state index contributed by atoms with van der Waals surface area (Å²) in [5, 5.41) is 12.1. The molecule has 0 aliphatic rings. The normalized spacial score (nSPS) is 10.9. The Bertz CT molecular complexity index is 1040. The summed E-state index contributed by atoms with van der Waals surface area (Å²) < 4.78 is 12.3. The molecule has 9 heteroatoms. The summed E-state index contributed by atoms with van der Waals surface area (Å²) in [6.45, 7) is 1.34. The van der Waals surface area contributed by atoms with Gasteiger partial charge in [0, 0.05) is 12.7 Å². The molecule has 144 valence electrons. The molecule has 0 unspecified atom stereocenters. The van der Waals surface area contributed by atoms with E-state index in [9.17, 15) is 4.79 Å². The molecule has 1 heterocycles. The second-order valence-electron chi connectivity index (χ2n) is 5.65. The quantitative estimate of drug-likeness (QED) is 0.207. The van der Waals surface area contributed by atoms with Crippen LogP contribution in [0.2, 0.25) is 0 Å².